The molecule has 1 amide bonds. The summed E-state index contributed by atoms with van der Waals surface area (Å²) in [5, 5.41) is 3.80. The first-order valence-corrected chi connectivity index (χ1v) is 11.9. The number of nitrogens with one attached hydrogen (secondary N) is 1. The van der Waals surface area contributed by atoms with E-state index in [1.54, 1.807) is 0 Å². The Morgan fingerprint density at radius 2 is 1.73 bits per heavy atom. The number of hydrogen-bond donors (Lipinski definition) is 1. The van der Waals surface area contributed by atoms with Gasteiger partial charge in [-0.25, -0.2) is 0 Å². The quantitative estimate of drug-likeness (QED) is 0.442. The van der Waals surface area contributed by atoms with Crippen molar-refractivity contribution in [2.24, 2.45) is 5.92 Å². The van der Waals surface area contributed by atoms with Crippen molar-refractivity contribution in [1.29, 1.82) is 0 Å². The van der Waals surface area contributed by atoms with Crippen molar-refractivity contribution in [3.05, 3.63) is 102 Å². The summed E-state index contributed by atoms with van der Waals surface area (Å²) in [5.41, 5.74) is 4.93. The molecule has 3 atom stereocenters. The fourth-order valence-corrected chi connectivity index (χ4v) is 5.33. The number of carbonyl (C=O) groups is 1. The highest BCUT2D eigenvalue weighted by Crippen LogP contribution is 2.52. The summed E-state index contributed by atoms with van der Waals surface area (Å²) in [4.78, 5) is 15.6. The minimum Gasteiger partial charge on any atom is -0.494 e. The minimum atomic E-state index is 0.0188. The fraction of sp³-hybridized carbons (Fsp3) is 0.276. The van der Waals surface area contributed by atoms with E-state index in [-0.39, 0.29) is 17.9 Å². The second kappa shape index (κ2) is 9.14. The zero-order chi connectivity index (χ0) is 22.8. The molecule has 0 radical (unpaired) electrons. The highest BCUT2D eigenvalue weighted by Gasteiger charge is 2.40. The molecule has 33 heavy (non-hydrogen) atoms. The summed E-state index contributed by atoms with van der Waals surface area (Å²) in [6.45, 7) is 5.26. The lowest BCUT2D eigenvalue weighted by molar-refractivity contribution is 0.0988. The monoisotopic (exact) mass is 438 g/mol. The van der Waals surface area contributed by atoms with Crippen LogP contribution in [0.4, 0.5) is 11.4 Å². The molecule has 1 N–H and O–H groups in total. The van der Waals surface area contributed by atoms with Gasteiger partial charge in [0, 0.05) is 23.7 Å². The van der Waals surface area contributed by atoms with Crippen molar-refractivity contribution in [1.82, 2.24) is 0 Å². The Kier molecular flexibility index (Phi) is 5.91. The second-order valence-electron chi connectivity index (χ2n) is 8.60. The average Bonchev–Trinajstić information content (AvgIpc) is 3.35. The van der Waals surface area contributed by atoms with Gasteiger partial charge in [-0.1, -0.05) is 60.7 Å². The third-order valence-electron chi connectivity index (χ3n) is 6.81. The molecule has 0 spiro atoms. The average molecular weight is 439 g/mol. The smallest absolute Gasteiger partial charge is 0.260 e. The SMILES string of the molecule is CCOc1ccccc1C1Nc2c(C(=O)N(CC)c3ccccc3)cccc2C2C=CCC21. The number of hydrogen-bond acceptors (Lipinski definition) is 3. The van der Waals surface area contributed by atoms with Crippen LogP contribution < -0.4 is 15.0 Å². The lowest BCUT2D eigenvalue weighted by Gasteiger charge is -2.39. The molecule has 1 aliphatic carbocycles. The van der Waals surface area contributed by atoms with Crippen LogP contribution in [0.5, 0.6) is 5.75 Å². The predicted octanol–water partition coefficient (Wildman–Crippen LogP) is 6.58. The molecule has 0 aromatic heterocycles. The van der Waals surface area contributed by atoms with Crippen molar-refractivity contribution in [3.8, 4) is 5.75 Å². The summed E-state index contributed by atoms with van der Waals surface area (Å²) in [7, 11) is 0. The summed E-state index contributed by atoms with van der Waals surface area (Å²) in [5.74, 6) is 1.60. The zero-order valence-electron chi connectivity index (χ0n) is 19.2. The number of allylic oxidation sites excluding steroid dienone is 2. The van der Waals surface area contributed by atoms with Gasteiger partial charge in [0.15, 0.2) is 0 Å². The topological polar surface area (TPSA) is 41.6 Å². The van der Waals surface area contributed by atoms with E-state index in [0.29, 0.717) is 19.1 Å². The van der Waals surface area contributed by atoms with Gasteiger partial charge in [0.1, 0.15) is 5.75 Å². The molecule has 5 rings (SSSR count). The van der Waals surface area contributed by atoms with Crippen molar-refractivity contribution < 1.29 is 9.53 Å². The van der Waals surface area contributed by atoms with E-state index in [9.17, 15) is 4.79 Å². The van der Waals surface area contributed by atoms with Crippen LogP contribution >= 0.6 is 0 Å². The number of carbonyl (C=O) groups excluding carboxylic acids is 1. The Morgan fingerprint density at radius 1 is 0.970 bits per heavy atom. The van der Waals surface area contributed by atoms with Crippen molar-refractivity contribution >= 4 is 17.3 Å². The van der Waals surface area contributed by atoms with E-state index in [0.717, 1.165) is 34.7 Å². The van der Waals surface area contributed by atoms with Gasteiger partial charge in [-0.05, 0) is 56.0 Å². The van der Waals surface area contributed by atoms with Crippen LogP contribution in [0.2, 0.25) is 0 Å². The van der Waals surface area contributed by atoms with Crippen LogP contribution in [0, 0.1) is 5.92 Å². The van der Waals surface area contributed by atoms with Gasteiger partial charge in [0.05, 0.1) is 23.9 Å². The summed E-state index contributed by atoms with van der Waals surface area (Å²) >= 11 is 0. The molecule has 168 valence electrons. The lowest BCUT2D eigenvalue weighted by atomic mass is 9.76. The number of fused-ring (bicyclic) bond motifs is 3. The Morgan fingerprint density at radius 3 is 2.52 bits per heavy atom. The second-order valence-corrected chi connectivity index (χ2v) is 8.60. The maximum atomic E-state index is 13.8. The highest BCUT2D eigenvalue weighted by molar-refractivity contribution is 6.10. The van der Waals surface area contributed by atoms with Crippen LogP contribution in [0.3, 0.4) is 0 Å². The number of rotatable bonds is 6. The fourth-order valence-electron chi connectivity index (χ4n) is 5.33. The molecule has 1 heterocycles. The molecule has 1 aliphatic heterocycles. The van der Waals surface area contributed by atoms with Gasteiger partial charge in [-0.2, -0.15) is 0 Å². The van der Waals surface area contributed by atoms with Crippen LogP contribution in [0.25, 0.3) is 0 Å². The highest BCUT2D eigenvalue weighted by atomic mass is 16.5. The Labute approximate surface area is 195 Å². The molecule has 3 aromatic rings. The van der Waals surface area contributed by atoms with Crippen LogP contribution in [-0.4, -0.2) is 19.1 Å². The van der Waals surface area contributed by atoms with Gasteiger partial charge >= 0.3 is 0 Å². The molecule has 2 aliphatic rings. The lowest BCUT2D eigenvalue weighted by Crippen LogP contribution is -2.34. The van der Waals surface area contributed by atoms with Crippen molar-refractivity contribution in [3.63, 3.8) is 0 Å². The maximum Gasteiger partial charge on any atom is 0.260 e. The number of anilines is 2. The normalized spacial score (nSPS) is 20.5. The van der Waals surface area contributed by atoms with Gasteiger partial charge in [-0.3, -0.25) is 4.79 Å². The van der Waals surface area contributed by atoms with Gasteiger partial charge < -0.3 is 15.0 Å². The van der Waals surface area contributed by atoms with Crippen LogP contribution in [-0.2, 0) is 0 Å². The van der Waals surface area contributed by atoms with Gasteiger partial charge in [0.2, 0.25) is 0 Å². The summed E-state index contributed by atoms with van der Waals surface area (Å²) < 4.78 is 5.98. The number of benzene rings is 3. The number of amides is 1. The number of nitrogens with zero attached hydrogens (tertiary/aromatic N) is 1. The van der Waals surface area contributed by atoms with E-state index >= 15 is 0 Å². The number of ether oxygens (including phenoxy) is 1. The number of para-hydroxylation sites is 3. The summed E-state index contributed by atoms with van der Waals surface area (Å²) in [6.07, 6.45) is 5.59. The molecule has 0 saturated carbocycles. The Hall–Kier alpha value is -3.53. The molecular formula is C29H30N2O2. The molecule has 0 saturated heterocycles. The third kappa shape index (κ3) is 3.80. The van der Waals surface area contributed by atoms with Crippen molar-refractivity contribution in [2.75, 3.05) is 23.4 Å². The van der Waals surface area contributed by atoms with Gasteiger partial charge in [-0.15, -0.1) is 0 Å². The third-order valence-corrected chi connectivity index (χ3v) is 6.81. The first-order chi connectivity index (χ1) is 16.2. The molecule has 3 aromatic carbocycles. The maximum absolute atomic E-state index is 13.8. The molecule has 0 fully saturated rings. The van der Waals surface area contributed by atoms with E-state index in [1.165, 1.54) is 5.56 Å². The molecule has 0 bridgehead atoms. The molecule has 3 unspecified atom stereocenters. The predicted molar refractivity (Wildman–Crippen MR) is 134 cm³/mol. The Balaban J connectivity index is 1.58. The minimum absolute atomic E-state index is 0.0188. The van der Waals surface area contributed by atoms with Crippen LogP contribution in [0.15, 0.2) is 84.9 Å². The van der Waals surface area contributed by atoms with E-state index in [2.05, 4.69) is 35.7 Å². The molecule has 4 heteroatoms. The first-order valence-electron chi connectivity index (χ1n) is 11.9. The van der Waals surface area contributed by atoms with Gasteiger partial charge in [0.25, 0.3) is 5.91 Å². The summed E-state index contributed by atoms with van der Waals surface area (Å²) in [6, 6.07) is 24.4. The molecular weight excluding hydrogens is 408 g/mol. The molecule has 4 nitrogen and oxygen atoms in total. The van der Waals surface area contributed by atoms with Crippen molar-refractivity contribution in [2.45, 2.75) is 32.2 Å². The van der Waals surface area contributed by atoms with E-state index < -0.39 is 0 Å². The van der Waals surface area contributed by atoms with E-state index in [1.807, 2.05) is 73.3 Å². The largest absolute Gasteiger partial charge is 0.494 e. The first kappa shape index (κ1) is 21.3. The zero-order valence-corrected chi connectivity index (χ0v) is 19.2. The van der Waals surface area contributed by atoms with Crippen LogP contribution in [0.1, 0.15) is 53.7 Å². The standard InChI is InChI=1S/C29H30N2O2/c1-3-31(20-12-6-5-7-13-20)29(32)25-18-11-17-23-21-15-10-16-22(21)27(30-28(23)25)24-14-8-9-19-26(24)33-4-2/h5-15,17-19,21-22,27,30H,3-4,16H2,1-2H3. The Bertz CT molecular complexity index is 1170. The van der Waals surface area contributed by atoms with E-state index in [4.69, 9.17) is 4.74 Å².